The van der Waals surface area contributed by atoms with Crippen molar-refractivity contribution in [1.82, 2.24) is 4.98 Å². The molecule has 118 valence electrons. The molecule has 23 heavy (non-hydrogen) atoms. The Morgan fingerprint density at radius 2 is 1.48 bits per heavy atom. The van der Waals surface area contributed by atoms with Crippen LogP contribution in [0.2, 0.25) is 0 Å². The largest absolute Gasteiger partial charge is 0.358 e. The summed E-state index contributed by atoms with van der Waals surface area (Å²) in [6.07, 6.45) is 1.19. The Kier molecular flexibility index (Phi) is 3.82. The second kappa shape index (κ2) is 5.66. The molecule has 1 heterocycles. The van der Waals surface area contributed by atoms with Gasteiger partial charge in [-0.1, -0.05) is 24.3 Å². The topological polar surface area (TPSA) is 49.9 Å². The van der Waals surface area contributed by atoms with E-state index in [4.69, 9.17) is 0 Å². The van der Waals surface area contributed by atoms with Gasteiger partial charge in [0.05, 0.1) is 4.90 Å². The third-order valence-corrected chi connectivity index (χ3v) is 4.89. The van der Waals surface area contributed by atoms with E-state index in [0.717, 1.165) is 28.1 Å². The molecule has 0 aliphatic rings. The first-order chi connectivity index (χ1) is 10.8. The minimum Gasteiger partial charge on any atom is -0.358 e. The quantitative estimate of drug-likeness (QED) is 0.783. The number of aryl methyl sites for hydroxylation is 1. The van der Waals surface area contributed by atoms with E-state index < -0.39 is 9.84 Å². The number of rotatable bonds is 3. The summed E-state index contributed by atoms with van der Waals surface area (Å²) in [4.78, 5) is 3.58. The van der Waals surface area contributed by atoms with E-state index in [9.17, 15) is 12.8 Å². The average Bonchev–Trinajstić information content (AvgIpc) is 2.89. The molecular weight excluding hydrogens is 313 g/mol. The number of benzene rings is 2. The molecule has 0 saturated carbocycles. The smallest absolute Gasteiger partial charge is 0.175 e. The summed E-state index contributed by atoms with van der Waals surface area (Å²) in [5.74, 6) is -0.265. The molecule has 1 N–H and O–H groups in total. The second-order valence-corrected chi connectivity index (χ2v) is 7.54. The molecule has 0 amide bonds. The first-order valence-electron chi connectivity index (χ1n) is 7.10. The standard InChI is InChI=1S/C18H16FNO2S/c1-12-17(13-3-7-15(19)8-4-13)11-18(20-12)14-5-9-16(10-6-14)23(2,21)22/h3-11,20H,1-2H3. The number of halogens is 1. The van der Waals surface area contributed by atoms with Gasteiger partial charge in [-0.3, -0.25) is 0 Å². The maximum Gasteiger partial charge on any atom is 0.175 e. The molecule has 3 nitrogen and oxygen atoms in total. The van der Waals surface area contributed by atoms with Crippen LogP contribution >= 0.6 is 0 Å². The molecule has 0 unspecified atom stereocenters. The minimum absolute atomic E-state index is 0.265. The molecule has 0 fully saturated rings. The third-order valence-electron chi connectivity index (χ3n) is 3.76. The Labute approximate surface area is 134 Å². The van der Waals surface area contributed by atoms with Gasteiger partial charge in [-0.15, -0.1) is 0 Å². The molecule has 1 aromatic heterocycles. The van der Waals surface area contributed by atoms with Gasteiger partial charge < -0.3 is 4.98 Å². The van der Waals surface area contributed by atoms with E-state index in [1.54, 1.807) is 36.4 Å². The van der Waals surface area contributed by atoms with Crippen molar-refractivity contribution in [3.05, 3.63) is 66.1 Å². The highest BCUT2D eigenvalue weighted by molar-refractivity contribution is 7.90. The molecule has 0 radical (unpaired) electrons. The number of aromatic nitrogens is 1. The predicted molar refractivity (Wildman–Crippen MR) is 89.5 cm³/mol. The predicted octanol–water partition coefficient (Wildman–Crippen LogP) is 4.20. The van der Waals surface area contributed by atoms with Crippen LogP contribution in [0, 0.1) is 12.7 Å². The molecule has 3 rings (SSSR count). The lowest BCUT2D eigenvalue weighted by molar-refractivity contribution is 0.602. The monoisotopic (exact) mass is 329 g/mol. The summed E-state index contributed by atoms with van der Waals surface area (Å²) in [5.41, 5.74) is 4.68. The van der Waals surface area contributed by atoms with Gasteiger partial charge in [-0.25, -0.2) is 12.8 Å². The van der Waals surface area contributed by atoms with E-state index in [0.29, 0.717) is 4.90 Å². The SMILES string of the molecule is Cc1[nH]c(-c2ccc(S(C)(=O)=O)cc2)cc1-c1ccc(F)cc1. The lowest BCUT2D eigenvalue weighted by atomic mass is 10.1. The van der Waals surface area contributed by atoms with Crippen LogP contribution in [-0.4, -0.2) is 19.7 Å². The summed E-state index contributed by atoms with van der Waals surface area (Å²) in [5, 5.41) is 0. The zero-order chi connectivity index (χ0) is 16.6. The van der Waals surface area contributed by atoms with Gasteiger partial charge in [0.25, 0.3) is 0 Å². The van der Waals surface area contributed by atoms with Crippen LogP contribution in [0.15, 0.2) is 59.5 Å². The lowest BCUT2D eigenvalue weighted by Gasteiger charge is -2.01. The molecule has 0 saturated heterocycles. The third kappa shape index (κ3) is 3.19. The minimum atomic E-state index is -3.20. The highest BCUT2D eigenvalue weighted by atomic mass is 32.2. The molecule has 0 atom stereocenters. The fourth-order valence-corrected chi connectivity index (χ4v) is 3.15. The van der Waals surface area contributed by atoms with Crippen molar-refractivity contribution in [2.75, 3.05) is 6.26 Å². The normalized spacial score (nSPS) is 11.6. The summed E-state index contributed by atoms with van der Waals surface area (Å²) in [6.45, 7) is 1.95. The number of hydrogen-bond acceptors (Lipinski definition) is 2. The Morgan fingerprint density at radius 3 is 2.04 bits per heavy atom. The van der Waals surface area contributed by atoms with Crippen molar-refractivity contribution >= 4 is 9.84 Å². The van der Waals surface area contributed by atoms with Crippen LogP contribution in [0.1, 0.15) is 5.69 Å². The van der Waals surface area contributed by atoms with E-state index in [2.05, 4.69) is 4.98 Å². The van der Waals surface area contributed by atoms with E-state index in [1.807, 2.05) is 13.0 Å². The van der Waals surface area contributed by atoms with Crippen molar-refractivity contribution in [2.24, 2.45) is 0 Å². The maximum absolute atomic E-state index is 13.1. The molecule has 2 aromatic carbocycles. The fraction of sp³-hybridized carbons (Fsp3) is 0.111. The van der Waals surface area contributed by atoms with Crippen molar-refractivity contribution < 1.29 is 12.8 Å². The van der Waals surface area contributed by atoms with Crippen LogP contribution in [0.4, 0.5) is 4.39 Å². The average molecular weight is 329 g/mol. The molecule has 0 spiro atoms. The van der Waals surface area contributed by atoms with E-state index in [-0.39, 0.29) is 5.82 Å². The number of aromatic amines is 1. The van der Waals surface area contributed by atoms with Gasteiger partial charge in [0.2, 0.25) is 0 Å². The van der Waals surface area contributed by atoms with Gasteiger partial charge in [0.15, 0.2) is 9.84 Å². The first kappa shape index (κ1) is 15.5. The molecular formula is C18H16FNO2S. The van der Waals surface area contributed by atoms with Gasteiger partial charge >= 0.3 is 0 Å². The van der Waals surface area contributed by atoms with Gasteiger partial charge in [-0.2, -0.15) is 0 Å². The zero-order valence-corrected chi connectivity index (χ0v) is 13.6. The fourth-order valence-electron chi connectivity index (χ4n) is 2.52. The maximum atomic E-state index is 13.1. The van der Waals surface area contributed by atoms with Crippen LogP contribution in [0.5, 0.6) is 0 Å². The Hall–Kier alpha value is -2.40. The molecule has 3 aromatic rings. The summed E-state index contributed by atoms with van der Waals surface area (Å²) in [7, 11) is -3.20. The van der Waals surface area contributed by atoms with Gasteiger partial charge in [0, 0.05) is 23.2 Å². The van der Waals surface area contributed by atoms with Crippen molar-refractivity contribution in [3.63, 3.8) is 0 Å². The van der Waals surface area contributed by atoms with Crippen molar-refractivity contribution in [2.45, 2.75) is 11.8 Å². The highest BCUT2D eigenvalue weighted by Gasteiger charge is 2.11. The summed E-state index contributed by atoms with van der Waals surface area (Å²) in [6, 6.07) is 15.1. The van der Waals surface area contributed by atoms with Crippen LogP contribution in [0.3, 0.4) is 0 Å². The number of hydrogen-bond donors (Lipinski definition) is 1. The van der Waals surface area contributed by atoms with E-state index >= 15 is 0 Å². The molecule has 5 heteroatoms. The lowest BCUT2D eigenvalue weighted by Crippen LogP contribution is -1.96. The van der Waals surface area contributed by atoms with Crippen LogP contribution in [-0.2, 0) is 9.84 Å². The number of H-pyrrole nitrogens is 1. The van der Waals surface area contributed by atoms with Crippen molar-refractivity contribution in [1.29, 1.82) is 0 Å². The van der Waals surface area contributed by atoms with Crippen molar-refractivity contribution in [3.8, 4) is 22.4 Å². The second-order valence-electron chi connectivity index (χ2n) is 5.53. The number of nitrogens with one attached hydrogen (secondary N) is 1. The first-order valence-corrected chi connectivity index (χ1v) is 9.00. The Bertz CT molecular complexity index is 940. The summed E-state index contributed by atoms with van der Waals surface area (Å²) < 4.78 is 36.1. The van der Waals surface area contributed by atoms with E-state index in [1.165, 1.54) is 18.4 Å². The summed E-state index contributed by atoms with van der Waals surface area (Å²) >= 11 is 0. The van der Waals surface area contributed by atoms with Gasteiger partial charge in [0.1, 0.15) is 5.82 Å². The molecule has 0 aliphatic heterocycles. The van der Waals surface area contributed by atoms with Crippen LogP contribution in [0.25, 0.3) is 22.4 Å². The molecule has 0 aliphatic carbocycles. The number of sulfone groups is 1. The Balaban J connectivity index is 1.99. The Morgan fingerprint density at radius 1 is 0.913 bits per heavy atom. The highest BCUT2D eigenvalue weighted by Crippen LogP contribution is 2.30. The zero-order valence-electron chi connectivity index (χ0n) is 12.8. The van der Waals surface area contributed by atoms with Gasteiger partial charge in [-0.05, 0) is 48.4 Å². The van der Waals surface area contributed by atoms with Crippen LogP contribution < -0.4 is 0 Å². The molecule has 0 bridgehead atoms.